The van der Waals surface area contributed by atoms with Gasteiger partial charge in [-0.05, 0) is 44.9 Å². The van der Waals surface area contributed by atoms with Crippen LogP contribution in [0.25, 0.3) is 11.0 Å². The van der Waals surface area contributed by atoms with E-state index in [0.717, 1.165) is 23.9 Å². The van der Waals surface area contributed by atoms with Crippen molar-refractivity contribution in [1.82, 2.24) is 19.4 Å². The molecule has 2 heterocycles. The molecular formula is C19H24N4O2. The van der Waals surface area contributed by atoms with Crippen molar-refractivity contribution >= 4 is 22.8 Å². The van der Waals surface area contributed by atoms with Gasteiger partial charge in [0.15, 0.2) is 0 Å². The fourth-order valence-corrected chi connectivity index (χ4v) is 3.48. The molecule has 2 aromatic rings. The lowest BCUT2D eigenvalue weighted by Crippen LogP contribution is -2.51. The van der Waals surface area contributed by atoms with Crippen molar-refractivity contribution in [2.75, 3.05) is 26.2 Å². The van der Waals surface area contributed by atoms with Gasteiger partial charge in [0.2, 0.25) is 5.91 Å². The highest BCUT2D eigenvalue weighted by atomic mass is 16.2. The summed E-state index contributed by atoms with van der Waals surface area (Å²) in [6.07, 6.45) is 3.88. The highest BCUT2D eigenvalue weighted by molar-refractivity contribution is 5.97. The SMILES string of the molecule is CC(C)n1cnc2cc(C(=O)N3CCN(C(=O)C4CC4)CC3)ccc21. The van der Waals surface area contributed by atoms with Crippen LogP contribution >= 0.6 is 0 Å². The van der Waals surface area contributed by atoms with E-state index in [-0.39, 0.29) is 17.7 Å². The average Bonchev–Trinajstić information content (AvgIpc) is 3.39. The molecule has 2 amide bonds. The van der Waals surface area contributed by atoms with E-state index in [0.29, 0.717) is 37.8 Å². The van der Waals surface area contributed by atoms with Gasteiger partial charge in [0.25, 0.3) is 5.91 Å². The molecule has 1 saturated carbocycles. The van der Waals surface area contributed by atoms with Crippen LogP contribution in [0.5, 0.6) is 0 Å². The van der Waals surface area contributed by atoms with Gasteiger partial charge in [-0.15, -0.1) is 0 Å². The average molecular weight is 340 g/mol. The molecule has 1 aromatic carbocycles. The Labute approximate surface area is 147 Å². The van der Waals surface area contributed by atoms with E-state index in [4.69, 9.17) is 0 Å². The molecule has 0 N–H and O–H groups in total. The van der Waals surface area contributed by atoms with E-state index in [1.807, 2.05) is 34.3 Å². The fourth-order valence-electron chi connectivity index (χ4n) is 3.48. The lowest BCUT2D eigenvalue weighted by Gasteiger charge is -2.35. The number of hydrogen-bond acceptors (Lipinski definition) is 3. The van der Waals surface area contributed by atoms with Gasteiger partial charge in [-0.2, -0.15) is 0 Å². The van der Waals surface area contributed by atoms with Crippen LogP contribution in [0.4, 0.5) is 0 Å². The zero-order valence-electron chi connectivity index (χ0n) is 14.8. The third-order valence-corrected chi connectivity index (χ3v) is 5.18. The second kappa shape index (κ2) is 6.17. The minimum absolute atomic E-state index is 0.0273. The van der Waals surface area contributed by atoms with Gasteiger partial charge in [-0.25, -0.2) is 4.98 Å². The van der Waals surface area contributed by atoms with Crippen molar-refractivity contribution in [2.24, 2.45) is 5.92 Å². The Hall–Kier alpha value is -2.37. The number of fused-ring (bicyclic) bond motifs is 1. The lowest BCUT2D eigenvalue weighted by atomic mass is 10.1. The molecule has 1 aromatic heterocycles. The van der Waals surface area contributed by atoms with Crippen LogP contribution in [0.2, 0.25) is 0 Å². The number of hydrogen-bond donors (Lipinski definition) is 0. The first-order valence-electron chi connectivity index (χ1n) is 9.09. The first-order valence-corrected chi connectivity index (χ1v) is 9.09. The molecule has 4 rings (SSSR count). The quantitative estimate of drug-likeness (QED) is 0.861. The van der Waals surface area contributed by atoms with Crippen LogP contribution in [-0.2, 0) is 4.79 Å². The molecule has 0 radical (unpaired) electrons. The number of aromatic nitrogens is 2. The van der Waals surface area contributed by atoms with Gasteiger partial charge in [0.1, 0.15) is 0 Å². The molecule has 1 saturated heterocycles. The predicted molar refractivity (Wildman–Crippen MR) is 95.3 cm³/mol. The molecule has 0 unspecified atom stereocenters. The van der Waals surface area contributed by atoms with E-state index in [9.17, 15) is 9.59 Å². The maximum absolute atomic E-state index is 12.8. The van der Waals surface area contributed by atoms with E-state index < -0.39 is 0 Å². The molecule has 0 spiro atoms. The molecule has 0 atom stereocenters. The predicted octanol–water partition coefficient (Wildman–Crippen LogP) is 2.31. The van der Waals surface area contributed by atoms with Crippen LogP contribution in [0.15, 0.2) is 24.5 Å². The number of imidazole rings is 1. The van der Waals surface area contributed by atoms with Crippen molar-refractivity contribution in [3.8, 4) is 0 Å². The largest absolute Gasteiger partial charge is 0.339 e. The monoisotopic (exact) mass is 340 g/mol. The third-order valence-electron chi connectivity index (χ3n) is 5.18. The van der Waals surface area contributed by atoms with Crippen molar-refractivity contribution in [2.45, 2.75) is 32.7 Å². The Kier molecular flexibility index (Phi) is 3.98. The summed E-state index contributed by atoms with van der Waals surface area (Å²) in [6.45, 7) is 6.73. The van der Waals surface area contributed by atoms with Gasteiger partial charge in [-0.3, -0.25) is 9.59 Å². The van der Waals surface area contributed by atoms with E-state index >= 15 is 0 Å². The van der Waals surface area contributed by atoms with Crippen LogP contribution in [0.1, 0.15) is 43.1 Å². The minimum atomic E-state index is 0.0273. The molecule has 1 aliphatic heterocycles. The van der Waals surface area contributed by atoms with Gasteiger partial charge >= 0.3 is 0 Å². The van der Waals surface area contributed by atoms with E-state index in [2.05, 4.69) is 23.4 Å². The summed E-state index contributed by atoms with van der Waals surface area (Å²) in [6, 6.07) is 6.07. The lowest BCUT2D eigenvalue weighted by molar-refractivity contribution is -0.134. The summed E-state index contributed by atoms with van der Waals surface area (Å²) in [5, 5.41) is 0. The summed E-state index contributed by atoms with van der Waals surface area (Å²) in [4.78, 5) is 33.1. The van der Waals surface area contributed by atoms with Gasteiger partial charge in [0, 0.05) is 43.7 Å². The first-order chi connectivity index (χ1) is 12.0. The maximum Gasteiger partial charge on any atom is 0.254 e. The number of amides is 2. The van der Waals surface area contributed by atoms with Crippen molar-refractivity contribution in [3.05, 3.63) is 30.1 Å². The second-order valence-electron chi connectivity index (χ2n) is 7.34. The number of nitrogens with zero attached hydrogens (tertiary/aromatic N) is 4. The Bertz CT molecular complexity index is 814. The molecule has 0 bridgehead atoms. The molecule has 132 valence electrons. The normalized spacial score (nSPS) is 18.2. The van der Waals surface area contributed by atoms with E-state index in [1.165, 1.54) is 0 Å². The first kappa shape index (κ1) is 16.1. The maximum atomic E-state index is 12.8. The summed E-state index contributed by atoms with van der Waals surface area (Å²) in [7, 11) is 0. The molecule has 2 aliphatic rings. The molecular weight excluding hydrogens is 316 g/mol. The summed E-state index contributed by atoms with van der Waals surface area (Å²) < 4.78 is 2.10. The molecule has 25 heavy (non-hydrogen) atoms. The smallest absolute Gasteiger partial charge is 0.254 e. The summed E-state index contributed by atoms with van der Waals surface area (Å²) >= 11 is 0. The van der Waals surface area contributed by atoms with Gasteiger partial charge in [0.05, 0.1) is 17.4 Å². The molecule has 6 heteroatoms. The number of rotatable bonds is 3. The van der Waals surface area contributed by atoms with Crippen LogP contribution in [0.3, 0.4) is 0 Å². The topological polar surface area (TPSA) is 58.4 Å². The van der Waals surface area contributed by atoms with Gasteiger partial charge < -0.3 is 14.4 Å². The van der Waals surface area contributed by atoms with Crippen molar-refractivity contribution in [3.63, 3.8) is 0 Å². The number of piperazine rings is 1. The van der Waals surface area contributed by atoms with Crippen LogP contribution in [-0.4, -0.2) is 57.3 Å². The number of carbonyl (C=O) groups excluding carboxylic acids is 2. The Balaban J connectivity index is 1.46. The molecule has 1 aliphatic carbocycles. The molecule has 6 nitrogen and oxygen atoms in total. The van der Waals surface area contributed by atoms with E-state index in [1.54, 1.807) is 0 Å². The summed E-state index contributed by atoms with van der Waals surface area (Å²) in [5.74, 6) is 0.549. The third kappa shape index (κ3) is 3.01. The Morgan fingerprint density at radius 2 is 1.76 bits per heavy atom. The number of benzene rings is 1. The van der Waals surface area contributed by atoms with Crippen LogP contribution < -0.4 is 0 Å². The highest BCUT2D eigenvalue weighted by Gasteiger charge is 2.35. The van der Waals surface area contributed by atoms with Crippen molar-refractivity contribution in [1.29, 1.82) is 0 Å². The van der Waals surface area contributed by atoms with Crippen LogP contribution in [0, 0.1) is 5.92 Å². The zero-order valence-corrected chi connectivity index (χ0v) is 14.8. The standard InChI is InChI=1S/C19H24N4O2/c1-13(2)23-12-20-16-11-15(5-6-17(16)23)19(25)22-9-7-21(8-10-22)18(24)14-3-4-14/h5-6,11-14H,3-4,7-10H2,1-2H3. The minimum Gasteiger partial charge on any atom is -0.339 e. The molecule has 2 fully saturated rings. The van der Waals surface area contributed by atoms with Crippen molar-refractivity contribution < 1.29 is 9.59 Å². The Morgan fingerprint density at radius 3 is 2.40 bits per heavy atom. The highest BCUT2D eigenvalue weighted by Crippen LogP contribution is 2.31. The Morgan fingerprint density at radius 1 is 1.08 bits per heavy atom. The fraction of sp³-hybridized carbons (Fsp3) is 0.526. The summed E-state index contributed by atoms with van der Waals surface area (Å²) in [5.41, 5.74) is 2.57. The second-order valence-corrected chi connectivity index (χ2v) is 7.34. The number of carbonyl (C=O) groups is 2. The van der Waals surface area contributed by atoms with Gasteiger partial charge in [-0.1, -0.05) is 0 Å². The zero-order chi connectivity index (χ0) is 17.6.